The van der Waals surface area contributed by atoms with Crippen LogP contribution in [-0.4, -0.2) is 17.5 Å². The van der Waals surface area contributed by atoms with Gasteiger partial charge >= 0.3 is 5.97 Å². The number of ether oxygens (including phenoxy) is 1. The minimum absolute atomic E-state index is 0.0488. The molecular weight excluding hydrogens is 260 g/mol. The van der Waals surface area contributed by atoms with E-state index >= 15 is 0 Å². The molecule has 0 heterocycles. The highest BCUT2D eigenvalue weighted by atomic mass is 35.5. The molecule has 6 nitrogen and oxygen atoms in total. The van der Waals surface area contributed by atoms with Crippen molar-refractivity contribution in [2.45, 2.75) is 12.8 Å². The predicted molar refractivity (Wildman–Crippen MR) is 63.3 cm³/mol. The highest BCUT2D eigenvalue weighted by molar-refractivity contribution is 6.17. The number of nitrogens with zero attached hydrogens (tertiary/aromatic N) is 2. The van der Waals surface area contributed by atoms with Gasteiger partial charge in [-0.2, -0.15) is 5.26 Å². The summed E-state index contributed by atoms with van der Waals surface area (Å²) in [5.74, 6) is -0.880. The Kier molecular flexibility index (Phi) is 4.63. The van der Waals surface area contributed by atoms with Crippen LogP contribution in [0.25, 0.3) is 0 Å². The molecule has 1 aromatic carbocycles. The van der Waals surface area contributed by atoms with E-state index in [0.29, 0.717) is 5.56 Å². The lowest BCUT2D eigenvalue weighted by atomic mass is 10.0. The summed E-state index contributed by atoms with van der Waals surface area (Å²) < 4.78 is 4.71. The highest BCUT2D eigenvalue weighted by Crippen LogP contribution is 2.25. The summed E-state index contributed by atoms with van der Waals surface area (Å²) in [5.41, 5.74) is -0.229. The summed E-state index contributed by atoms with van der Waals surface area (Å²) in [4.78, 5) is 21.7. The fraction of sp³-hybridized carbons (Fsp3) is 0.273. The van der Waals surface area contributed by atoms with Gasteiger partial charge in [-0.1, -0.05) is 0 Å². The molecule has 0 unspecified atom stereocenters. The average molecular weight is 269 g/mol. The largest absolute Gasteiger partial charge is 0.462 e. The van der Waals surface area contributed by atoms with Gasteiger partial charge in [-0.25, -0.2) is 4.79 Å². The molecule has 0 N–H and O–H groups in total. The van der Waals surface area contributed by atoms with Crippen LogP contribution in [0.5, 0.6) is 0 Å². The molecule has 0 radical (unpaired) electrons. The Bertz CT molecular complexity index is 537. The lowest BCUT2D eigenvalue weighted by Gasteiger charge is -2.06. The van der Waals surface area contributed by atoms with Gasteiger partial charge in [-0.15, -0.1) is 11.6 Å². The fourth-order valence-corrected chi connectivity index (χ4v) is 1.59. The number of esters is 1. The minimum Gasteiger partial charge on any atom is -0.462 e. The third-order valence-electron chi connectivity index (χ3n) is 2.18. The predicted octanol–water partition coefficient (Wildman–Crippen LogP) is 2.38. The summed E-state index contributed by atoms with van der Waals surface area (Å²) in [5, 5.41) is 19.8. The molecule has 0 aliphatic rings. The van der Waals surface area contributed by atoms with Crippen molar-refractivity contribution in [2.24, 2.45) is 0 Å². The van der Waals surface area contributed by atoms with Gasteiger partial charge in [-0.05, 0) is 18.6 Å². The SMILES string of the molecule is CCOC(=O)c1cc(C#N)c(CCl)cc1[N+](=O)[O-]. The van der Waals surface area contributed by atoms with Crippen molar-refractivity contribution in [3.05, 3.63) is 38.9 Å². The molecule has 0 saturated carbocycles. The van der Waals surface area contributed by atoms with Gasteiger partial charge in [0.25, 0.3) is 5.69 Å². The van der Waals surface area contributed by atoms with Crippen molar-refractivity contribution in [3.63, 3.8) is 0 Å². The maximum absolute atomic E-state index is 11.6. The van der Waals surface area contributed by atoms with Crippen LogP contribution >= 0.6 is 11.6 Å². The second kappa shape index (κ2) is 5.98. The van der Waals surface area contributed by atoms with Crippen LogP contribution in [0.15, 0.2) is 12.1 Å². The molecule has 0 aliphatic carbocycles. The van der Waals surface area contributed by atoms with Crippen LogP contribution in [0, 0.1) is 21.4 Å². The first kappa shape index (κ1) is 13.9. The Morgan fingerprint density at radius 1 is 1.61 bits per heavy atom. The van der Waals surface area contributed by atoms with Crippen LogP contribution in [-0.2, 0) is 10.6 Å². The van der Waals surface area contributed by atoms with Gasteiger partial charge in [-0.3, -0.25) is 10.1 Å². The quantitative estimate of drug-likeness (QED) is 0.362. The molecule has 0 aromatic heterocycles. The number of hydrogen-bond donors (Lipinski definition) is 0. The van der Waals surface area contributed by atoms with E-state index in [-0.39, 0.29) is 23.6 Å². The summed E-state index contributed by atoms with van der Waals surface area (Å²) in [7, 11) is 0. The van der Waals surface area contributed by atoms with Crippen molar-refractivity contribution >= 4 is 23.3 Å². The maximum atomic E-state index is 11.6. The zero-order valence-corrected chi connectivity index (χ0v) is 10.2. The van der Waals surface area contributed by atoms with E-state index in [2.05, 4.69) is 0 Å². The molecule has 0 saturated heterocycles. The standard InChI is InChI=1S/C11H9ClN2O4/c1-2-18-11(15)9-3-8(6-13)7(5-12)4-10(9)14(16)17/h3-4H,2,5H2,1H3. The van der Waals surface area contributed by atoms with Gasteiger partial charge < -0.3 is 4.74 Å². The fourth-order valence-electron chi connectivity index (χ4n) is 1.37. The number of nitro benzene ring substituents is 1. The third kappa shape index (κ3) is 2.76. The first-order valence-electron chi connectivity index (χ1n) is 4.99. The van der Waals surface area contributed by atoms with Crippen molar-refractivity contribution in [3.8, 4) is 6.07 Å². The van der Waals surface area contributed by atoms with Gasteiger partial charge in [0.05, 0.1) is 23.2 Å². The average Bonchev–Trinajstić information content (AvgIpc) is 2.37. The van der Waals surface area contributed by atoms with E-state index in [4.69, 9.17) is 21.6 Å². The smallest absolute Gasteiger partial charge is 0.345 e. The van der Waals surface area contributed by atoms with Gasteiger partial charge in [0.1, 0.15) is 5.56 Å². The topological polar surface area (TPSA) is 93.2 Å². The zero-order valence-electron chi connectivity index (χ0n) is 9.47. The summed E-state index contributed by atoms with van der Waals surface area (Å²) in [6, 6.07) is 4.09. The van der Waals surface area contributed by atoms with Crippen molar-refractivity contribution in [1.82, 2.24) is 0 Å². The summed E-state index contributed by atoms with van der Waals surface area (Å²) in [6.45, 7) is 1.68. The molecule has 0 aliphatic heterocycles. The molecule has 0 amide bonds. The van der Waals surface area contributed by atoms with E-state index in [1.165, 1.54) is 0 Å². The Balaban J connectivity index is 3.44. The van der Waals surface area contributed by atoms with Crippen LogP contribution < -0.4 is 0 Å². The van der Waals surface area contributed by atoms with Gasteiger partial charge in [0.15, 0.2) is 0 Å². The minimum atomic E-state index is -0.832. The molecule has 0 bridgehead atoms. The van der Waals surface area contributed by atoms with Crippen molar-refractivity contribution in [2.75, 3.05) is 6.61 Å². The first-order valence-corrected chi connectivity index (χ1v) is 5.53. The lowest BCUT2D eigenvalue weighted by Crippen LogP contribution is -2.09. The lowest BCUT2D eigenvalue weighted by molar-refractivity contribution is -0.385. The number of halogens is 1. The van der Waals surface area contributed by atoms with Gasteiger partial charge in [0.2, 0.25) is 0 Å². The molecule has 18 heavy (non-hydrogen) atoms. The number of carbonyl (C=O) groups is 1. The Morgan fingerprint density at radius 3 is 2.72 bits per heavy atom. The number of benzene rings is 1. The Hall–Kier alpha value is -2.13. The van der Waals surface area contributed by atoms with Gasteiger partial charge in [0, 0.05) is 11.9 Å². The van der Waals surface area contributed by atoms with E-state index in [0.717, 1.165) is 12.1 Å². The van der Waals surface area contributed by atoms with E-state index in [1.807, 2.05) is 6.07 Å². The van der Waals surface area contributed by atoms with Crippen molar-refractivity contribution in [1.29, 1.82) is 5.26 Å². The highest BCUT2D eigenvalue weighted by Gasteiger charge is 2.24. The molecule has 94 valence electrons. The Labute approximate surface area is 108 Å². The van der Waals surface area contributed by atoms with E-state index < -0.39 is 16.6 Å². The summed E-state index contributed by atoms with van der Waals surface area (Å²) in [6.07, 6.45) is 0. The number of alkyl halides is 1. The molecule has 0 fully saturated rings. The summed E-state index contributed by atoms with van der Waals surface area (Å²) >= 11 is 5.59. The number of rotatable bonds is 4. The van der Waals surface area contributed by atoms with Crippen LogP contribution in [0.3, 0.4) is 0 Å². The maximum Gasteiger partial charge on any atom is 0.345 e. The molecular formula is C11H9ClN2O4. The molecule has 0 atom stereocenters. The molecule has 7 heteroatoms. The molecule has 1 aromatic rings. The van der Waals surface area contributed by atoms with Crippen molar-refractivity contribution < 1.29 is 14.5 Å². The zero-order chi connectivity index (χ0) is 13.7. The van der Waals surface area contributed by atoms with E-state index in [1.54, 1.807) is 6.92 Å². The van der Waals surface area contributed by atoms with Crippen LogP contribution in [0.2, 0.25) is 0 Å². The monoisotopic (exact) mass is 268 g/mol. The normalized spacial score (nSPS) is 9.61. The van der Waals surface area contributed by atoms with Crippen LogP contribution in [0.4, 0.5) is 5.69 Å². The van der Waals surface area contributed by atoms with E-state index in [9.17, 15) is 14.9 Å². The molecule has 1 rings (SSSR count). The second-order valence-electron chi connectivity index (χ2n) is 3.25. The number of hydrogen-bond acceptors (Lipinski definition) is 5. The number of nitriles is 1. The second-order valence-corrected chi connectivity index (χ2v) is 3.52. The number of carbonyl (C=O) groups excluding carboxylic acids is 1. The first-order chi connectivity index (χ1) is 8.54. The van der Waals surface area contributed by atoms with Crippen LogP contribution in [0.1, 0.15) is 28.4 Å². The third-order valence-corrected chi connectivity index (χ3v) is 2.47. The number of nitro groups is 1. The Morgan fingerprint density at radius 2 is 2.28 bits per heavy atom. The molecule has 0 spiro atoms.